The number of aliphatic carboxylic acids is 1. The van der Waals surface area contributed by atoms with Crippen molar-refractivity contribution in [3.05, 3.63) is 59.2 Å². The van der Waals surface area contributed by atoms with Gasteiger partial charge in [-0.15, -0.1) is 0 Å². The first kappa shape index (κ1) is 14.1. The molecule has 0 fully saturated rings. The second-order valence-corrected chi connectivity index (χ2v) is 6.12. The molecule has 2 unspecified atom stereocenters. The van der Waals surface area contributed by atoms with Gasteiger partial charge >= 0.3 is 5.97 Å². The summed E-state index contributed by atoms with van der Waals surface area (Å²) in [5, 5.41) is 23.3. The molecule has 5 nitrogen and oxygen atoms in total. The number of nitrogens with zero attached hydrogens (tertiary/aromatic N) is 1. The highest BCUT2D eigenvalue weighted by atomic mass is 16.4. The van der Waals surface area contributed by atoms with Gasteiger partial charge < -0.3 is 15.1 Å². The normalized spacial score (nSPS) is 22.5. The van der Waals surface area contributed by atoms with E-state index in [-0.39, 0.29) is 11.9 Å². The van der Waals surface area contributed by atoms with E-state index >= 15 is 0 Å². The van der Waals surface area contributed by atoms with Crippen molar-refractivity contribution in [1.29, 1.82) is 0 Å². The van der Waals surface area contributed by atoms with Gasteiger partial charge in [0.25, 0.3) is 0 Å². The molecular weight excluding hydrogens is 292 g/mol. The Hall–Kier alpha value is -2.53. The van der Waals surface area contributed by atoms with Crippen LogP contribution < -0.4 is 10.2 Å². The number of anilines is 1. The van der Waals surface area contributed by atoms with Gasteiger partial charge in [0.15, 0.2) is 0 Å². The summed E-state index contributed by atoms with van der Waals surface area (Å²) in [6.45, 7) is 0.701. The number of phenolic OH excluding ortho intramolecular Hbond substituents is 1. The number of phenols is 1. The lowest BCUT2D eigenvalue weighted by Gasteiger charge is -2.37. The molecule has 2 heterocycles. The number of nitrogens with one attached hydrogen (secondary N) is 1. The molecule has 2 aromatic carbocycles. The third-order valence-electron chi connectivity index (χ3n) is 4.79. The van der Waals surface area contributed by atoms with Crippen LogP contribution in [-0.4, -0.2) is 28.4 Å². The van der Waals surface area contributed by atoms with Crippen LogP contribution in [-0.2, 0) is 24.2 Å². The molecule has 0 bridgehead atoms. The largest absolute Gasteiger partial charge is 0.506 e. The summed E-state index contributed by atoms with van der Waals surface area (Å²) < 4.78 is 0. The fourth-order valence-electron chi connectivity index (χ4n) is 3.72. The summed E-state index contributed by atoms with van der Waals surface area (Å²) in [7, 11) is 0. The third-order valence-corrected chi connectivity index (χ3v) is 4.79. The van der Waals surface area contributed by atoms with Crippen LogP contribution >= 0.6 is 0 Å². The lowest BCUT2D eigenvalue weighted by molar-refractivity contribution is -0.138. The molecule has 0 aliphatic carbocycles. The molecule has 0 saturated carbocycles. The van der Waals surface area contributed by atoms with Crippen LogP contribution in [0.1, 0.15) is 16.7 Å². The van der Waals surface area contributed by atoms with E-state index in [9.17, 15) is 15.0 Å². The van der Waals surface area contributed by atoms with E-state index in [1.54, 1.807) is 12.1 Å². The van der Waals surface area contributed by atoms with E-state index in [0.29, 0.717) is 25.1 Å². The minimum atomic E-state index is -0.860. The molecule has 0 radical (unpaired) electrons. The molecule has 2 aromatic rings. The standard InChI is InChI=1S/C18H18N2O3/c21-15-7-3-6-12-8-14(18(22)23)20(17(12)15)16-9-11-4-1-2-5-13(11)10-19-16/h1-7,14,16,19,21H,8-10H2,(H,22,23). The van der Waals surface area contributed by atoms with Crippen molar-refractivity contribution in [1.82, 2.24) is 5.32 Å². The molecular formula is C18H18N2O3. The van der Waals surface area contributed by atoms with Crippen LogP contribution in [0.25, 0.3) is 0 Å². The van der Waals surface area contributed by atoms with Gasteiger partial charge in [-0.2, -0.15) is 0 Å². The van der Waals surface area contributed by atoms with Crippen molar-refractivity contribution >= 4 is 11.7 Å². The Kier molecular flexibility index (Phi) is 3.23. The Morgan fingerprint density at radius 1 is 1.04 bits per heavy atom. The summed E-state index contributed by atoms with van der Waals surface area (Å²) in [4.78, 5) is 13.6. The van der Waals surface area contributed by atoms with Gasteiger partial charge in [0.1, 0.15) is 11.8 Å². The average molecular weight is 310 g/mol. The van der Waals surface area contributed by atoms with Crippen LogP contribution in [0.2, 0.25) is 0 Å². The first-order chi connectivity index (χ1) is 11.1. The second-order valence-electron chi connectivity index (χ2n) is 6.12. The van der Waals surface area contributed by atoms with Gasteiger partial charge in [-0.25, -0.2) is 4.79 Å². The summed E-state index contributed by atoms with van der Waals surface area (Å²) in [6.07, 6.45) is 0.993. The lowest BCUT2D eigenvalue weighted by atomic mass is 9.98. The van der Waals surface area contributed by atoms with E-state index in [1.165, 1.54) is 11.1 Å². The van der Waals surface area contributed by atoms with Crippen LogP contribution in [0, 0.1) is 0 Å². The minimum Gasteiger partial charge on any atom is -0.506 e. The number of carbonyl (C=O) groups is 1. The van der Waals surface area contributed by atoms with Gasteiger partial charge in [-0.3, -0.25) is 5.32 Å². The zero-order valence-electron chi connectivity index (χ0n) is 12.6. The van der Waals surface area contributed by atoms with Crippen molar-refractivity contribution in [2.45, 2.75) is 31.6 Å². The van der Waals surface area contributed by atoms with Crippen molar-refractivity contribution in [2.24, 2.45) is 0 Å². The Morgan fingerprint density at radius 2 is 1.78 bits per heavy atom. The molecule has 2 atom stereocenters. The predicted molar refractivity (Wildman–Crippen MR) is 86.5 cm³/mol. The first-order valence-corrected chi connectivity index (χ1v) is 7.77. The Morgan fingerprint density at radius 3 is 2.57 bits per heavy atom. The zero-order chi connectivity index (χ0) is 16.0. The molecule has 118 valence electrons. The quantitative estimate of drug-likeness (QED) is 0.790. The zero-order valence-corrected chi connectivity index (χ0v) is 12.6. The van der Waals surface area contributed by atoms with E-state index in [0.717, 1.165) is 5.56 Å². The van der Waals surface area contributed by atoms with Crippen molar-refractivity contribution in [2.75, 3.05) is 4.90 Å². The maximum atomic E-state index is 11.7. The molecule has 3 N–H and O–H groups in total. The monoisotopic (exact) mass is 310 g/mol. The molecule has 0 aromatic heterocycles. The third kappa shape index (κ3) is 2.24. The van der Waals surface area contributed by atoms with Crippen LogP contribution in [0.4, 0.5) is 5.69 Å². The van der Waals surface area contributed by atoms with Gasteiger partial charge in [-0.1, -0.05) is 36.4 Å². The number of rotatable bonds is 2. The summed E-state index contributed by atoms with van der Waals surface area (Å²) in [6, 6.07) is 12.8. The maximum Gasteiger partial charge on any atom is 0.326 e. The van der Waals surface area contributed by atoms with Crippen LogP contribution in [0.3, 0.4) is 0 Å². The van der Waals surface area contributed by atoms with Gasteiger partial charge in [0.05, 0.1) is 11.9 Å². The smallest absolute Gasteiger partial charge is 0.326 e. The van der Waals surface area contributed by atoms with Crippen LogP contribution in [0.15, 0.2) is 42.5 Å². The van der Waals surface area contributed by atoms with Gasteiger partial charge in [0.2, 0.25) is 0 Å². The van der Waals surface area contributed by atoms with E-state index in [2.05, 4.69) is 17.4 Å². The van der Waals surface area contributed by atoms with Gasteiger partial charge in [-0.05, 0) is 22.8 Å². The van der Waals surface area contributed by atoms with Gasteiger partial charge in [0, 0.05) is 19.4 Å². The minimum absolute atomic E-state index is 0.138. The Labute approximate surface area is 134 Å². The fraction of sp³-hybridized carbons (Fsp3) is 0.278. The SMILES string of the molecule is O=C(O)C1Cc2cccc(O)c2N1C1Cc2ccccc2CN1. The van der Waals surface area contributed by atoms with E-state index in [1.807, 2.05) is 23.1 Å². The number of para-hydroxylation sites is 1. The molecule has 2 aliphatic heterocycles. The number of carboxylic acids is 1. The molecule has 23 heavy (non-hydrogen) atoms. The number of hydrogen-bond acceptors (Lipinski definition) is 4. The van der Waals surface area contributed by atoms with Crippen molar-refractivity contribution in [3.8, 4) is 5.75 Å². The summed E-state index contributed by atoms with van der Waals surface area (Å²) >= 11 is 0. The van der Waals surface area contributed by atoms with E-state index < -0.39 is 12.0 Å². The number of benzene rings is 2. The Balaban J connectivity index is 1.74. The van der Waals surface area contributed by atoms with Crippen molar-refractivity contribution < 1.29 is 15.0 Å². The number of aromatic hydroxyl groups is 1. The number of carboxylic acid groups (broad SMARTS) is 1. The van der Waals surface area contributed by atoms with Crippen molar-refractivity contribution in [3.63, 3.8) is 0 Å². The molecule has 5 heteroatoms. The average Bonchev–Trinajstić information content (AvgIpc) is 2.95. The number of fused-ring (bicyclic) bond motifs is 2. The highest BCUT2D eigenvalue weighted by molar-refractivity contribution is 5.84. The summed E-state index contributed by atoms with van der Waals surface area (Å²) in [5.74, 6) is -0.715. The molecule has 0 amide bonds. The fourth-order valence-corrected chi connectivity index (χ4v) is 3.72. The highest BCUT2D eigenvalue weighted by Crippen LogP contribution is 2.41. The molecule has 0 saturated heterocycles. The van der Waals surface area contributed by atoms with Crippen LogP contribution in [0.5, 0.6) is 5.75 Å². The molecule has 0 spiro atoms. The van der Waals surface area contributed by atoms with E-state index in [4.69, 9.17) is 0 Å². The Bertz CT molecular complexity index is 775. The topological polar surface area (TPSA) is 72.8 Å². The first-order valence-electron chi connectivity index (χ1n) is 7.77. The predicted octanol–water partition coefficient (Wildman–Crippen LogP) is 1.88. The number of hydrogen-bond donors (Lipinski definition) is 3. The molecule has 4 rings (SSSR count). The summed E-state index contributed by atoms with van der Waals surface area (Å²) in [5.41, 5.74) is 4.01. The lowest BCUT2D eigenvalue weighted by Crippen LogP contribution is -2.54. The highest BCUT2D eigenvalue weighted by Gasteiger charge is 2.41. The maximum absolute atomic E-state index is 11.7. The second kappa shape index (κ2) is 5.28. The molecule has 2 aliphatic rings.